The van der Waals surface area contributed by atoms with Crippen LogP contribution in [0.5, 0.6) is 0 Å². The van der Waals surface area contributed by atoms with Crippen LogP contribution in [0.4, 0.5) is 0 Å². The van der Waals surface area contributed by atoms with Crippen LogP contribution in [0.2, 0.25) is 39.3 Å². The molecule has 5 radical (unpaired) electrons. The van der Waals surface area contributed by atoms with Gasteiger partial charge in [-0.25, -0.2) is 8.42 Å². The summed E-state index contributed by atoms with van der Waals surface area (Å²) in [6.07, 6.45) is 15.8. The average molecular weight is 1540 g/mol. The molecule has 0 saturated heterocycles. The number of pyridine rings is 4. The van der Waals surface area contributed by atoms with E-state index in [1.807, 2.05) is 134 Å². The minimum absolute atomic E-state index is 0. The molecule has 0 saturated carbocycles. The first-order valence-corrected chi connectivity index (χ1v) is 34.4. The van der Waals surface area contributed by atoms with Gasteiger partial charge in [-0.2, -0.15) is 0 Å². The standard InChI is InChI=1S/C20H19NOSi.C20H18NOSi.2C11H8N.C2H2.CH4O3S.2CH4O.CH4.B.2Ir/c2*1-23(2,3)18-12-7-9-15-14-8-6-10-16(19(14)22-20(15)18)17-11-4-5-13-21-17;2*1-2-6-10(7-3-1)11-8-4-5-9-12-11;1-2;1-5(2,3)4;2*1-2;;;;/h4-13H,1-3H3;4-9,11-13H,1-3H3;2*1-6,8-9H;1-2H;1H3,(H,2,3,4);2*2H,1H3;1H4;;;/q;3*-1;;;;;;;;/p-1. The number of rotatable bonds is 6. The molecule has 443 valence electrons. The van der Waals surface area contributed by atoms with Crippen molar-refractivity contribution in [3.63, 3.8) is 0 Å². The molecule has 0 aliphatic carbocycles. The first kappa shape index (κ1) is 75.7. The van der Waals surface area contributed by atoms with Crippen molar-refractivity contribution >= 4 is 88.9 Å². The molecule has 0 fully saturated rings. The second-order valence-corrected chi connectivity index (χ2v) is 30.9. The second-order valence-electron chi connectivity index (χ2n) is 19.5. The van der Waals surface area contributed by atoms with E-state index in [4.69, 9.17) is 32.0 Å². The fraction of sp³-hybridized carbons (Fsp3) is 0.147. The molecule has 0 spiro atoms. The van der Waals surface area contributed by atoms with E-state index in [0.29, 0.717) is 6.26 Å². The van der Waals surface area contributed by atoms with Crippen molar-refractivity contribution < 1.29 is 72.2 Å². The van der Waals surface area contributed by atoms with Gasteiger partial charge in [-0.05, 0) is 63.9 Å². The quantitative estimate of drug-likeness (QED) is 0.0701. The Labute approximate surface area is 533 Å². The maximum atomic E-state index is 9.08. The van der Waals surface area contributed by atoms with E-state index in [1.54, 1.807) is 18.6 Å². The van der Waals surface area contributed by atoms with Gasteiger partial charge >= 0.3 is 0 Å². The van der Waals surface area contributed by atoms with Gasteiger partial charge in [0.2, 0.25) is 0 Å². The van der Waals surface area contributed by atoms with Gasteiger partial charge in [-0.1, -0.05) is 149 Å². The average Bonchev–Trinajstić information content (AvgIpc) is 2.85. The van der Waals surface area contributed by atoms with Crippen LogP contribution in [0, 0.1) is 31.0 Å². The van der Waals surface area contributed by atoms with Crippen LogP contribution in [0.1, 0.15) is 7.43 Å². The van der Waals surface area contributed by atoms with Crippen molar-refractivity contribution in [2.75, 3.05) is 20.5 Å². The Kier molecular flexibility index (Phi) is 33.1. The molecule has 0 bridgehead atoms. The van der Waals surface area contributed by atoms with Crippen LogP contribution in [-0.2, 0) is 50.3 Å². The van der Waals surface area contributed by atoms with Crippen molar-refractivity contribution in [3.05, 3.63) is 231 Å². The largest absolute Gasteiger partial charge is 0.748 e. The van der Waals surface area contributed by atoms with E-state index in [1.165, 1.54) is 26.5 Å². The third-order valence-electron chi connectivity index (χ3n) is 11.8. The molecule has 0 unspecified atom stereocenters. The molecule has 0 atom stereocenters. The Hall–Kier alpha value is -7.29. The number of aliphatic hydroxyl groups is 2. The summed E-state index contributed by atoms with van der Waals surface area (Å²) in [5.74, 6) is 0. The maximum absolute atomic E-state index is 9.08. The number of benzene rings is 6. The summed E-state index contributed by atoms with van der Waals surface area (Å²) in [6, 6.07) is 72.2. The number of hydrogen-bond acceptors (Lipinski definition) is 11. The number of terminal acetylenes is 1. The molecular weight excluding hydrogens is 1470 g/mol. The molecule has 12 rings (SSSR count). The third-order valence-corrected chi connectivity index (χ3v) is 15.8. The first-order valence-electron chi connectivity index (χ1n) is 25.6. The number of furan rings is 2. The van der Waals surface area contributed by atoms with Crippen molar-refractivity contribution in [3.8, 4) is 57.9 Å². The van der Waals surface area contributed by atoms with Gasteiger partial charge in [0.05, 0.1) is 37.5 Å². The molecule has 6 heterocycles. The number of nitrogens with zero attached hydrogens (tertiary/aromatic N) is 4. The Morgan fingerprint density at radius 2 is 0.776 bits per heavy atom. The summed E-state index contributed by atoms with van der Waals surface area (Å²) < 4.78 is 40.0. The van der Waals surface area contributed by atoms with E-state index >= 15 is 0 Å². The fourth-order valence-corrected chi connectivity index (χ4v) is 11.3. The Morgan fingerprint density at radius 1 is 0.435 bits per heavy atom. The van der Waals surface area contributed by atoms with E-state index in [2.05, 4.69) is 151 Å². The van der Waals surface area contributed by atoms with Gasteiger partial charge in [0, 0.05) is 116 Å². The van der Waals surface area contributed by atoms with Crippen LogP contribution in [0.3, 0.4) is 0 Å². The van der Waals surface area contributed by atoms with E-state index < -0.39 is 26.3 Å². The molecule has 6 aromatic carbocycles. The number of aliphatic hydroxyl groups excluding tert-OH is 2. The molecule has 85 heavy (non-hydrogen) atoms. The zero-order valence-electron chi connectivity index (χ0n) is 48.2. The topological polar surface area (TPSA) is 175 Å². The normalized spacial score (nSPS) is 10.1. The fourth-order valence-electron chi connectivity index (χ4n) is 8.34. The van der Waals surface area contributed by atoms with Gasteiger partial charge < -0.3 is 38.6 Å². The van der Waals surface area contributed by atoms with Crippen molar-refractivity contribution in [2.24, 2.45) is 0 Å². The van der Waals surface area contributed by atoms with Crippen molar-refractivity contribution in [1.29, 1.82) is 0 Å². The first-order chi connectivity index (χ1) is 39.0. The van der Waals surface area contributed by atoms with E-state index in [9.17, 15) is 0 Å². The molecule has 0 amide bonds. The van der Waals surface area contributed by atoms with Crippen LogP contribution in [0.25, 0.3) is 88.9 Å². The summed E-state index contributed by atoms with van der Waals surface area (Å²) >= 11 is 0. The zero-order chi connectivity index (χ0) is 59.0. The molecular formula is C68H70BIr2N4O7SSi2-4. The van der Waals surface area contributed by atoms with E-state index in [-0.39, 0.29) is 56.1 Å². The maximum Gasteiger partial charge on any atom is 0.144 e. The van der Waals surface area contributed by atoms with E-state index in [0.717, 1.165) is 87.0 Å². The molecule has 6 aromatic heterocycles. The summed E-state index contributed by atoms with van der Waals surface area (Å²) in [7, 11) is -4.86. The number of fused-ring (bicyclic) bond motifs is 6. The van der Waals surface area contributed by atoms with Crippen LogP contribution in [-0.4, -0.2) is 88.2 Å². The second kappa shape index (κ2) is 37.2. The zero-order valence-corrected chi connectivity index (χ0v) is 55.8. The predicted molar refractivity (Wildman–Crippen MR) is 350 cm³/mol. The van der Waals surface area contributed by atoms with Gasteiger partial charge in [0.1, 0.15) is 16.7 Å². The minimum atomic E-state index is -3.92. The van der Waals surface area contributed by atoms with Crippen LogP contribution >= 0.6 is 0 Å². The van der Waals surface area contributed by atoms with Gasteiger partial charge in [-0.15, -0.1) is 103 Å². The Morgan fingerprint density at radius 3 is 1.14 bits per heavy atom. The summed E-state index contributed by atoms with van der Waals surface area (Å²) in [6.45, 7) is 14.1. The predicted octanol–water partition coefficient (Wildman–Crippen LogP) is 14.2. The smallest absolute Gasteiger partial charge is 0.144 e. The molecule has 0 aliphatic rings. The van der Waals surface area contributed by atoms with Gasteiger partial charge in [-0.3, -0.25) is 4.98 Å². The number of hydrogen-bond donors (Lipinski definition) is 2. The molecule has 0 aliphatic heterocycles. The number of para-hydroxylation sites is 3. The minimum Gasteiger partial charge on any atom is -0.748 e. The molecule has 11 nitrogen and oxygen atoms in total. The molecule has 2 N–H and O–H groups in total. The van der Waals surface area contributed by atoms with Crippen molar-refractivity contribution in [1.82, 2.24) is 19.9 Å². The van der Waals surface area contributed by atoms with Gasteiger partial charge in [0.15, 0.2) is 0 Å². The van der Waals surface area contributed by atoms with Crippen molar-refractivity contribution in [2.45, 2.75) is 46.7 Å². The monoisotopic (exact) mass is 1540 g/mol. The van der Waals surface area contributed by atoms with Gasteiger partial charge in [0.25, 0.3) is 0 Å². The number of aromatic nitrogens is 4. The SMILES string of the molecule is C.C#C.CO.CO.CS(=O)(=O)[O-].C[Si](C)(C)c1cccc2c1oc1c(-c3ccccn3)[c-]ccc12.C[Si](C)(C)c1cccc2c1oc1c(-c3ccccn3)cccc12.[B].[Ir].[Ir].[c-]1ccccc1-c1ccccn1.[c-]1ccccc1-c1ccccn1. The molecule has 17 heteroatoms. The molecule has 12 aromatic rings. The Bertz CT molecular complexity index is 3630. The summed E-state index contributed by atoms with van der Waals surface area (Å²) in [5, 5.41) is 21.4. The Balaban J connectivity index is 0.000000544. The van der Waals surface area contributed by atoms with Crippen LogP contribution < -0.4 is 10.4 Å². The summed E-state index contributed by atoms with van der Waals surface area (Å²) in [5.41, 5.74) is 11.7. The summed E-state index contributed by atoms with van der Waals surface area (Å²) in [4.78, 5) is 17.4. The van der Waals surface area contributed by atoms with Crippen LogP contribution in [0.15, 0.2) is 222 Å². The third kappa shape index (κ3) is 21.6.